The van der Waals surface area contributed by atoms with Crippen LogP contribution in [0.3, 0.4) is 0 Å². The van der Waals surface area contributed by atoms with Crippen molar-refractivity contribution in [2.75, 3.05) is 14.2 Å². The molecular weight excluding hydrogens is 643 g/mol. The minimum absolute atomic E-state index is 0.178. The highest BCUT2D eigenvalue weighted by Gasteiger charge is 2.16. The van der Waals surface area contributed by atoms with E-state index in [1.165, 1.54) is 65.5 Å². The normalized spacial score (nSPS) is 10.9. The Morgan fingerprint density at radius 2 is 1.10 bits per heavy atom. The van der Waals surface area contributed by atoms with Gasteiger partial charge in [0.2, 0.25) is 0 Å². The van der Waals surface area contributed by atoms with Gasteiger partial charge >= 0.3 is 0 Å². The van der Waals surface area contributed by atoms with E-state index < -0.39 is 0 Å². The lowest BCUT2D eigenvalue weighted by Gasteiger charge is -2.10. The van der Waals surface area contributed by atoms with Crippen molar-refractivity contribution < 1.29 is 9.47 Å². The number of methoxy groups -OCH3 is 2. The fourth-order valence-corrected chi connectivity index (χ4v) is 6.81. The van der Waals surface area contributed by atoms with E-state index in [1.807, 2.05) is 24.3 Å². The fraction of sp³-hybridized carbons (Fsp3) is 0.0889. The molecular formula is C45H39N5O2. The van der Waals surface area contributed by atoms with Crippen LogP contribution < -0.4 is 9.47 Å². The summed E-state index contributed by atoms with van der Waals surface area (Å²) >= 11 is 0. The molecule has 256 valence electrons. The second-order valence-corrected chi connectivity index (χ2v) is 12.4. The molecule has 0 radical (unpaired) electrons. The van der Waals surface area contributed by atoms with Gasteiger partial charge in [-0.05, 0) is 92.5 Å². The Bertz CT molecular complexity index is 2740. The van der Waals surface area contributed by atoms with Crippen LogP contribution in [0.4, 0.5) is 0 Å². The van der Waals surface area contributed by atoms with Gasteiger partial charge in [0, 0.05) is 32.5 Å². The third-order valence-electron chi connectivity index (χ3n) is 9.35. The van der Waals surface area contributed by atoms with Crippen LogP contribution in [-0.4, -0.2) is 42.5 Å². The first-order valence-corrected chi connectivity index (χ1v) is 16.9. The number of rotatable bonds is 5. The van der Waals surface area contributed by atoms with Crippen LogP contribution in [0.1, 0.15) is 11.1 Å². The van der Waals surface area contributed by atoms with E-state index in [0.717, 1.165) is 17.1 Å². The van der Waals surface area contributed by atoms with Crippen molar-refractivity contribution in [3.8, 4) is 11.5 Å². The fourth-order valence-electron chi connectivity index (χ4n) is 6.81. The van der Waals surface area contributed by atoms with Crippen LogP contribution in [-0.2, 0) is 6.67 Å². The van der Waals surface area contributed by atoms with Crippen molar-refractivity contribution in [1.29, 1.82) is 5.41 Å². The molecule has 0 aliphatic heterocycles. The Morgan fingerprint density at radius 1 is 0.577 bits per heavy atom. The van der Waals surface area contributed by atoms with Gasteiger partial charge in [-0.15, -0.1) is 0 Å². The lowest BCUT2D eigenvalue weighted by atomic mass is 10.1. The number of hydrogen-bond donors (Lipinski definition) is 1. The van der Waals surface area contributed by atoms with E-state index in [-0.39, 0.29) is 5.84 Å². The van der Waals surface area contributed by atoms with Gasteiger partial charge in [-0.2, -0.15) is 0 Å². The van der Waals surface area contributed by atoms with E-state index in [2.05, 4.69) is 130 Å². The van der Waals surface area contributed by atoms with Crippen molar-refractivity contribution in [3.05, 3.63) is 151 Å². The lowest BCUT2D eigenvalue weighted by Crippen LogP contribution is -1.94. The van der Waals surface area contributed by atoms with Crippen LogP contribution in [0.25, 0.3) is 59.9 Å². The molecule has 1 N–H and O–H groups in total. The van der Waals surface area contributed by atoms with Crippen molar-refractivity contribution >= 4 is 79.2 Å². The minimum Gasteiger partial charge on any atom is -0.497 e. The van der Waals surface area contributed by atoms with Crippen LogP contribution in [0.5, 0.6) is 11.5 Å². The zero-order valence-electron chi connectivity index (χ0n) is 29.5. The summed E-state index contributed by atoms with van der Waals surface area (Å²) < 4.78 is 14.6. The highest BCUT2D eigenvalue weighted by Crippen LogP contribution is 2.38. The number of ether oxygens (including phenoxy) is 2. The predicted octanol–water partition coefficient (Wildman–Crippen LogP) is 10.9. The Kier molecular flexibility index (Phi) is 9.50. The zero-order valence-corrected chi connectivity index (χ0v) is 29.5. The largest absolute Gasteiger partial charge is 0.497 e. The topological polar surface area (TPSA) is 76.4 Å². The van der Waals surface area contributed by atoms with Gasteiger partial charge in [0.05, 0.1) is 41.8 Å². The van der Waals surface area contributed by atoms with Gasteiger partial charge in [0.25, 0.3) is 0 Å². The summed E-state index contributed by atoms with van der Waals surface area (Å²) in [6, 6.07) is 48.0. The first-order chi connectivity index (χ1) is 25.4. The molecule has 0 aliphatic carbocycles. The van der Waals surface area contributed by atoms with Crippen LogP contribution in [0.15, 0.2) is 150 Å². The maximum atomic E-state index is 7.34. The Balaban J connectivity index is 0.000000165. The summed E-state index contributed by atoms with van der Waals surface area (Å²) in [5, 5.41) is 14.9. The van der Waals surface area contributed by atoms with Gasteiger partial charge in [-0.3, -0.25) is 10.4 Å². The minimum atomic E-state index is 0.178. The van der Waals surface area contributed by atoms with E-state index in [1.54, 1.807) is 38.5 Å². The summed E-state index contributed by atoms with van der Waals surface area (Å²) in [7, 11) is 3.27. The molecule has 7 nitrogen and oxygen atoms in total. The van der Waals surface area contributed by atoms with E-state index >= 15 is 0 Å². The number of nitrogens with zero attached hydrogens (tertiary/aromatic N) is 4. The van der Waals surface area contributed by atoms with Gasteiger partial charge in [-0.1, -0.05) is 78.4 Å². The number of hydrogen-bond acceptors (Lipinski definition) is 4. The second-order valence-electron chi connectivity index (χ2n) is 12.4. The molecule has 7 heteroatoms. The van der Waals surface area contributed by atoms with Gasteiger partial charge in [-0.25, -0.2) is 4.99 Å². The average molecular weight is 682 g/mol. The molecule has 0 atom stereocenters. The van der Waals surface area contributed by atoms with Crippen LogP contribution in [0.2, 0.25) is 0 Å². The number of aliphatic imine (C=N–C) groups is 2. The molecule has 0 fully saturated rings. The van der Waals surface area contributed by atoms with Crippen molar-refractivity contribution in [2.24, 2.45) is 9.98 Å². The molecule has 9 aromatic rings. The number of benzene rings is 6. The number of fused-ring (bicyclic) bond motifs is 11. The molecule has 3 heterocycles. The van der Waals surface area contributed by atoms with E-state index in [9.17, 15) is 0 Å². The third kappa shape index (κ3) is 6.24. The number of para-hydroxylation sites is 2. The molecule has 3 aromatic heterocycles. The third-order valence-corrected chi connectivity index (χ3v) is 9.35. The number of aromatic nitrogens is 2. The SMILES string of the molecule is C=NC(=N)c1ccc(OC)cc1.C=NCn1c2ccccc2c2cc3c(cc21)cc1c2ccccc2c2ccccc2n31.COc1ccc(C)cc1. The summed E-state index contributed by atoms with van der Waals surface area (Å²) in [4.78, 5) is 7.70. The van der Waals surface area contributed by atoms with Crippen molar-refractivity contribution in [1.82, 2.24) is 8.97 Å². The van der Waals surface area contributed by atoms with Crippen molar-refractivity contribution in [2.45, 2.75) is 13.6 Å². The molecule has 0 saturated heterocycles. The summed E-state index contributed by atoms with van der Waals surface area (Å²) in [5.41, 5.74) is 8.12. The molecule has 9 rings (SSSR count). The standard InChI is InChI=1S/C28H19N3.C9H10N2O.C8H10O/c1-29-17-30-24-12-6-4-11-22(24)23-16-26-18(14-27(23)30)15-28-21-10-3-2-8-19(21)20-9-5-7-13-25(20)31(26)28;1-11-9(10)7-3-5-8(12-2)6-4-7;1-7-3-5-8(9-2)6-4-7/h2-16H,1,17H2;3-6,10H,1H2,2H3;3-6H,1-2H3. The highest BCUT2D eigenvalue weighted by atomic mass is 16.5. The molecule has 0 amide bonds. The summed E-state index contributed by atoms with van der Waals surface area (Å²) in [6.45, 7) is 9.62. The lowest BCUT2D eigenvalue weighted by molar-refractivity contribution is 0.414. The number of nitrogens with one attached hydrogen (secondary N) is 1. The average Bonchev–Trinajstić information content (AvgIpc) is 3.73. The van der Waals surface area contributed by atoms with E-state index in [0.29, 0.717) is 6.67 Å². The molecule has 0 unspecified atom stereocenters. The Morgan fingerprint density at radius 3 is 1.69 bits per heavy atom. The monoisotopic (exact) mass is 681 g/mol. The molecule has 0 saturated carbocycles. The number of amidine groups is 1. The maximum Gasteiger partial charge on any atom is 0.151 e. The summed E-state index contributed by atoms with van der Waals surface area (Å²) in [5.74, 6) is 1.87. The van der Waals surface area contributed by atoms with Crippen LogP contribution in [0, 0.1) is 12.3 Å². The van der Waals surface area contributed by atoms with E-state index in [4.69, 9.17) is 14.9 Å². The molecule has 6 aromatic carbocycles. The maximum absolute atomic E-state index is 7.34. The smallest absolute Gasteiger partial charge is 0.151 e. The molecule has 52 heavy (non-hydrogen) atoms. The van der Waals surface area contributed by atoms with Crippen LogP contribution >= 0.6 is 0 Å². The number of aryl methyl sites for hydroxylation is 1. The first kappa shape index (κ1) is 33.8. The quantitative estimate of drug-likeness (QED) is 0.111. The van der Waals surface area contributed by atoms with Gasteiger partial charge in [0.15, 0.2) is 5.84 Å². The van der Waals surface area contributed by atoms with Crippen molar-refractivity contribution in [3.63, 3.8) is 0 Å². The first-order valence-electron chi connectivity index (χ1n) is 16.9. The number of pyridine rings is 1. The molecule has 0 spiro atoms. The molecule has 0 aliphatic rings. The molecule has 0 bridgehead atoms. The predicted molar refractivity (Wildman–Crippen MR) is 220 cm³/mol. The zero-order chi connectivity index (χ0) is 36.2. The Labute approximate surface area is 302 Å². The highest BCUT2D eigenvalue weighted by molar-refractivity contribution is 6.18. The van der Waals surface area contributed by atoms with Gasteiger partial charge in [0.1, 0.15) is 18.2 Å². The van der Waals surface area contributed by atoms with Gasteiger partial charge < -0.3 is 18.4 Å². The Hall–Kier alpha value is -6.73. The second kappa shape index (κ2) is 14.6. The summed E-state index contributed by atoms with van der Waals surface area (Å²) in [6.07, 6.45) is 0.